The van der Waals surface area contributed by atoms with Crippen LogP contribution in [-0.4, -0.2) is 19.6 Å². The lowest BCUT2D eigenvalue weighted by atomic mass is 9.92. The lowest BCUT2D eigenvalue weighted by Gasteiger charge is -2.21. The van der Waals surface area contributed by atoms with Gasteiger partial charge in [0.1, 0.15) is 0 Å². The largest absolute Gasteiger partial charge is 0.326 e. The second-order valence-electron chi connectivity index (χ2n) is 3.97. The van der Waals surface area contributed by atoms with Gasteiger partial charge in [-0.15, -0.1) is 0 Å². The summed E-state index contributed by atoms with van der Waals surface area (Å²) in [5.74, 6) is 0.778. The van der Waals surface area contributed by atoms with Gasteiger partial charge in [-0.1, -0.05) is 25.7 Å². The number of likely N-dealkylation sites (N-methyl/N-ethyl adjacent to an activating group) is 1. The fraction of sp³-hybridized carbons (Fsp3) is 1.00. The van der Waals surface area contributed by atoms with Crippen LogP contribution in [0.3, 0.4) is 0 Å². The molecule has 0 aromatic carbocycles. The Morgan fingerprint density at radius 2 is 1.83 bits per heavy atom. The molecular formula is C10H22N2. The Hall–Kier alpha value is -0.0800. The van der Waals surface area contributed by atoms with Gasteiger partial charge in [-0.2, -0.15) is 0 Å². The highest BCUT2D eigenvalue weighted by Gasteiger charge is 2.18. The predicted octanol–water partition coefficient (Wildman–Crippen LogP) is 1.50. The molecule has 72 valence electrons. The van der Waals surface area contributed by atoms with E-state index in [0.29, 0.717) is 6.04 Å². The highest BCUT2D eigenvalue weighted by molar-refractivity contribution is 4.76. The Morgan fingerprint density at radius 1 is 1.25 bits per heavy atom. The van der Waals surface area contributed by atoms with Crippen molar-refractivity contribution in [2.45, 2.75) is 44.6 Å². The zero-order valence-corrected chi connectivity index (χ0v) is 8.18. The van der Waals surface area contributed by atoms with Crippen molar-refractivity contribution >= 4 is 0 Å². The molecule has 1 rings (SSSR count). The molecule has 0 aromatic rings. The van der Waals surface area contributed by atoms with Crippen LogP contribution >= 0.6 is 0 Å². The summed E-state index contributed by atoms with van der Waals surface area (Å²) in [7, 11) is 1.98. The Kier molecular flexibility index (Phi) is 4.62. The summed E-state index contributed by atoms with van der Waals surface area (Å²) < 4.78 is 0. The molecule has 0 heterocycles. The molecule has 3 N–H and O–H groups in total. The Balaban J connectivity index is 2.27. The number of nitrogens with two attached hydrogens (primary N) is 1. The van der Waals surface area contributed by atoms with E-state index < -0.39 is 0 Å². The number of nitrogens with one attached hydrogen (secondary N) is 1. The van der Waals surface area contributed by atoms with Crippen LogP contribution in [0.4, 0.5) is 0 Å². The maximum Gasteiger partial charge on any atom is 0.0193 e. The van der Waals surface area contributed by atoms with E-state index in [2.05, 4.69) is 5.32 Å². The fourth-order valence-corrected chi connectivity index (χ4v) is 2.14. The van der Waals surface area contributed by atoms with Crippen LogP contribution in [0, 0.1) is 5.92 Å². The predicted molar refractivity (Wildman–Crippen MR) is 53.1 cm³/mol. The summed E-state index contributed by atoms with van der Waals surface area (Å²) >= 11 is 0. The molecule has 1 saturated carbocycles. The van der Waals surface area contributed by atoms with Crippen molar-refractivity contribution in [1.29, 1.82) is 0 Å². The van der Waals surface area contributed by atoms with Gasteiger partial charge in [-0.3, -0.25) is 0 Å². The van der Waals surface area contributed by atoms with Crippen LogP contribution < -0.4 is 11.1 Å². The van der Waals surface area contributed by atoms with Gasteiger partial charge in [0, 0.05) is 12.6 Å². The highest BCUT2D eigenvalue weighted by Crippen LogP contribution is 2.24. The minimum absolute atomic E-state index is 0.382. The van der Waals surface area contributed by atoms with Crippen LogP contribution in [0.2, 0.25) is 0 Å². The first kappa shape index (κ1) is 10.0. The molecule has 1 atom stereocenters. The quantitative estimate of drug-likeness (QED) is 0.630. The van der Waals surface area contributed by atoms with E-state index in [1.54, 1.807) is 0 Å². The van der Waals surface area contributed by atoms with Crippen LogP contribution in [-0.2, 0) is 0 Å². The van der Waals surface area contributed by atoms with Crippen molar-refractivity contribution < 1.29 is 0 Å². The summed E-state index contributed by atoms with van der Waals surface area (Å²) in [5.41, 5.74) is 6.07. The molecule has 2 nitrogen and oxygen atoms in total. The minimum atomic E-state index is 0.382. The first-order valence-electron chi connectivity index (χ1n) is 5.24. The van der Waals surface area contributed by atoms with E-state index >= 15 is 0 Å². The molecule has 1 aliphatic carbocycles. The molecule has 0 radical (unpaired) electrons. The molecule has 0 aliphatic heterocycles. The lowest BCUT2D eigenvalue weighted by Crippen LogP contribution is -2.38. The van der Waals surface area contributed by atoms with Crippen molar-refractivity contribution in [1.82, 2.24) is 5.32 Å². The zero-order valence-electron chi connectivity index (χ0n) is 8.18. The van der Waals surface area contributed by atoms with Gasteiger partial charge in [0.15, 0.2) is 0 Å². The topological polar surface area (TPSA) is 38.0 Å². The van der Waals surface area contributed by atoms with Gasteiger partial charge in [0.25, 0.3) is 0 Å². The third-order valence-electron chi connectivity index (χ3n) is 2.95. The van der Waals surface area contributed by atoms with Gasteiger partial charge in [-0.25, -0.2) is 0 Å². The first-order chi connectivity index (χ1) is 5.84. The van der Waals surface area contributed by atoms with Crippen LogP contribution in [0.15, 0.2) is 0 Å². The van der Waals surface area contributed by atoms with Crippen molar-refractivity contribution in [3.05, 3.63) is 0 Å². The lowest BCUT2D eigenvalue weighted by molar-refractivity contribution is 0.367. The van der Waals surface area contributed by atoms with E-state index in [9.17, 15) is 0 Å². The van der Waals surface area contributed by atoms with Crippen LogP contribution in [0.5, 0.6) is 0 Å². The smallest absolute Gasteiger partial charge is 0.0193 e. The third kappa shape index (κ3) is 3.11. The van der Waals surface area contributed by atoms with Crippen molar-refractivity contribution in [2.75, 3.05) is 13.6 Å². The fourth-order valence-electron chi connectivity index (χ4n) is 2.14. The van der Waals surface area contributed by atoms with Crippen LogP contribution in [0.25, 0.3) is 0 Å². The Bertz CT molecular complexity index is 106. The molecule has 0 aromatic heterocycles. The second-order valence-corrected chi connectivity index (χ2v) is 3.97. The molecule has 1 unspecified atom stereocenters. The Morgan fingerprint density at radius 3 is 2.33 bits per heavy atom. The molecule has 0 bridgehead atoms. The molecule has 12 heavy (non-hydrogen) atoms. The summed E-state index contributed by atoms with van der Waals surface area (Å²) in [6.45, 7) is 0.977. The molecule has 1 aliphatic rings. The van der Waals surface area contributed by atoms with Crippen molar-refractivity contribution in [3.8, 4) is 0 Å². The first-order valence-corrected chi connectivity index (χ1v) is 5.24. The van der Waals surface area contributed by atoms with Crippen molar-refractivity contribution in [3.63, 3.8) is 0 Å². The number of hydrogen-bond donors (Lipinski definition) is 2. The highest BCUT2D eigenvalue weighted by atomic mass is 14.9. The SMILES string of the molecule is CNCC(N)C1CCCCCC1. The van der Waals surface area contributed by atoms with E-state index in [1.165, 1.54) is 38.5 Å². The molecule has 0 spiro atoms. The average Bonchev–Trinajstić information content (AvgIpc) is 2.32. The molecule has 1 fully saturated rings. The summed E-state index contributed by atoms with van der Waals surface area (Å²) in [6.07, 6.45) is 8.32. The van der Waals surface area contributed by atoms with Gasteiger partial charge in [0.2, 0.25) is 0 Å². The molecular weight excluding hydrogens is 148 g/mol. The molecule has 0 saturated heterocycles. The van der Waals surface area contributed by atoms with Crippen molar-refractivity contribution in [2.24, 2.45) is 11.7 Å². The summed E-state index contributed by atoms with van der Waals surface area (Å²) in [4.78, 5) is 0. The normalized spacial score (nSPS) is 23.5. The molecule has 2 heteroatoms. The summed E-state index contributed by atoms with van der Waals surface area (Å²) in [5, 5.41) is 3.16. The molecule has 0 amide bonds. The maximum absolute atomic E-state index is 6.07. The zero-order chi connectivity index (χ0) is 8.81. The Labute approximate surface area is 75.9 Å². The standard InChI is InChI=1S/C10H22N2/c1-12-8-10(11)9-6-4-2-3-5-7-9/h9-10,12H,2-8,11H2,1H3. The summed E-state index contributed by atoms with van der Waals surface area (Å²) in [6, 6.07) is 0.382. The third-order valence-corrected chi connectivity index (χ3v) is 2.95. The second kappa shape index (κ2) is 5.55. The maximum atomic E-state index is 6.07. The minimum Gasteiger partial charge on any atom is -0.326 e. The van der Waals surface area contributed by atoms with E-state index in [-0.39, 0.29) is 0 Å². The average molecular weight is 170 g/mol. The van der Waals surface area contributed by atoms with E-state index in [0.717, 1.165) is 12.5 Å². The van der Waals surface area contributed by atoms with Gasteiger partial charge in [0.05, 0.1) is 0 Å². The van der Waals surface area contributed by atoms with Gasteiger partial charge < -0.3 is 11.1 Å². The monoisotopic (exact) mass is 170 g/mol. The van der Waals surface area contributed by atoms with Crippen LogP contribution in [0.1, 0.15) is 38.5 Å². The number of rotatable bonds is 3. The van der Waals surface area contributed by atoms with E-state index in [1.807, 2.05) is 7.05 Å². The van der Waals surface area contributed by atoms with Gasteiger partial charge in [-0.05, 0) is 25.8 Å². The number of hydrogen-bond acceptors (Lipinski definition) is 2. The van der Waals surface area contributed by atoms with Gasteiger partial charge >= 0.3 is 0 Å². The van der Waals surface area contributed by atoms with E-state index in [4.69, 9.17) is 5.73 Å².